The van der Waals surface area contributed by atoms with Crippen LogP contribution in [-0.4, -0.2) is 16.1 Å². The van der Waals surface area contributed by atoms with Gasteiger partial charge in [0, 0.05) is 23.6 Å². The van der Waals surface area contributed by atoms with Crippen LogP contribution in [0.3, 0.4) is 0 Å². The number of aromatic nitrogens is 2. The Morgan fingerprint density at radius 2 is 1.83 bits per heavy atom. The van der Waals surface area contributed by atoms with E-state index in [4.69, 9.17) is 0 Å². The molecule has 0 saturated heterocycles. The topological polar surface area (TPSA) is 69.8 Å². The van der Waals surface area contributed by atoms with Gasteiger partial charge in [-0.2, -0.15) is 5.10 Å². The van der Waals surface area contributed by atoms with Crippen LogP contribution in [0.15, 0.2) is 54.6 Å². The Bertz CT molecular complexity index is 874. The van der Waals surface area contributed by atoms with Crippen LogP contribution in [-0.2, 0) is 4.79 Å². The fourth-order valence-electron chi connectivity index (χ4n) is 3.00. The highest BCUT2D eigenvalue weighted by Gasteiger charge is 2.31. The average Bonchev–Trinajstić information content (AvgIpc) is 2.98. The van der Waals surface area contributed by atoms with Crippen molar-refractivity contribution in [3.05, 3.63) is 71.5 Å². The van der Waals surface area contributed by atoms with E-state index in [1.54, 1.807) is 12.1 Å². The minimum atomic E-state index is -0.297. The number of benzene rings is 2. The lowest BCUT2D eigenvalue weighted by Crippen LogP contribution is -2.23. The van der Waals surface area contributed by atoms with Crippen molar-refractivity contribution in [1.29, 1.82) is 0 Å². The lowest BCUT2D eigenvalue weighted by Gasteiger charge is -2.23. The molecule has 0 radical (unpaired) electrons. The Labute approximate surface area is 137 Å². The molecule has 0 aliphatic carbocycles. The summed E-state index contributed by atoms with van der Waals surface area (Å²) in [6.07, 6.45) is 0.293. The Balaban J connectivity index is 1.75. The third-order valence-corrected chi connectivity index (χ3v) is 4.12. The van der Waals surface area contributed by atoms with Gasteiger partial charge in [0.25, 0.3) is 0 Å². The van der Waals surface area contributed by atoms with E-state index >= 15 is 0 Å². The molecule has 3 aromatic rings. The second-order valence-electron chi connectivity index (χ2n) is 5.71. The molecular weight excluding hydrogens is 307 g/mol. The monoisotopic (exact) mass is 322 g/mol. The molecule has 1 amide bonds. The number of carbonyl (C=O) groups excluding carboxylic acids is 1. The van der Waals surface area contributed by atoms with E-state index in [1.807, 2.05) is 30.3 Å². The zero-order valence-electron chi connectivity index (χ0n) is 12.7. The molecule has 1 atom stereocenters. The smallest absolute Gasteiger partial charge is 0.226 e. The van der Waals surface area contributed by atoms with Crippen LogP contribution in [0.1, 0.15) is 23.5 Å². The maximum Gasteiger partial charge on any atom is 0.226 e. The van der Waals surface area contributed by atoms with Crippen molar-refractivity contribution >= 4 is 23.2 Å². The van der Waals surface area contributed by atoms with Gasteiger partial charge in [0.15, 0.2) is 5.82 Å². The lowest BCUT2D eigenvalue weighted by molar-refractivity contribution is -0.116. The number of hydrogen-bond acceptors (Lipinski definition) is 3. The van der Waals surface area contributed by atoms with Gasteiger partial charge in [0.05, 0.1) is 0 Å². The van der Waals surface area contributed by atoms with Gasteiger partial charge in [-0.05, 0) is 29.8 Å². The summed E-state index contributed by atoms with van der Waals surface area (Å²) in [5.41, 5.74) is 2.67. The summed E-state index contributed by atoms with van der Waals surface area (Å²) in [5.74, 6) is 0.660. The Morgan fingerprint density at radius 3 is 2.58 bits per heavy atom. The highest BCUT2D eigenvalue weighted by molar-refractivity contribution is 5.95. The van der Waals surface area contributed by atoms with Crippen molar-refractivity contribution in [2.24, 2.45) is 0 Å². The Morgan fingerprint density at radius 1 is 1.08 bits per heavy atom. The van der Waals surface area contributed by atoms with Crippen LogP contribution in [0.4, 0.5) is 21.7 Å². The molecule has 0 fully saturated rings. The number of para-hydroxylation sites is 1. The predicted octanol–water partition coefficient (Wildman–Crippen LogP) is 3.77. The standard InChI is InChI=1S/C18H15FN4O/c19-12-8-6-11(7-9-12)14-10-15(24)21-18-16(14)17(22-23-18)20-13-4-2-1-3-5-13/h1-9,14H,10H2,(H3,20,21,22,23,24)/t14-/m0/s1. The number of nitrogens with one attached hydrogen (secondary N) is 3. The molecule has 0 bridgehead atoms. The first-order chi connectivity index (χ1) is 11.7. The normalized spacial score (nSPS) is 16.4. The van der Waals surface area contributed by atoms with E-state index in [0.717, 1.165) is 22.6 Å². The molecule has 1 aliphatic rings. The van der Waals surface area contributed by atoms with E-state index < -0.39 is 0 Å². The van der Waals surface area contributed by atoms with Crippen molar-refractivity contribution in [3.63, 3.8) is 0 Å². The minimum Gasteiger partial charge on any atom is -0.340 e. The molecule has 0 unspecified atom stereocenters. The Kier molecular flexibility index (Phi) is 3.49. The summed E-state index contributed by atoms with van der Waals surface area (Å²) in [6.45, 7) is 0. The molecule has 5 nitrogen and oxygen atoms in total. The summed E-state index contributed by atoms with van der Waals surface area (Å²) in [4.78, 5) is 12.0. The first-order valence-electron chi connectivity index (χ1n) is 7.66. The second kappa shape index (κ2) is 5.81. The molecule has 0 saturated carbocycles. The maximum absolute atomic E-state index is 13.2. The number of fused-ring (bicyclic) bond motifs is 1. The first-order valence-corrected chi connectivity index (χ1v) is 7.66. The van der Waals surface area contributed by atoms with Gasteiger partial charge in [-0.25, -0.2) is 4.39 Å². The Hall–Kier alpha value is -3.15. The van der Waals surface area contributed by atoms with Crippen molar-refractivity contribution in [2.75, 3.05) is 10.6 Å². The van der Waals surface area contributed by atoms with Gasteiger partial charge in [-0.3, -0.25) is 9.89 Å². The highest BCUT2D eigenvalue weighted by Crippen LogP contribution is 2.40. The predicted molar refractivity (Wildman–Crippen MR) is 89.8 cm³/mol. The van der Waals surface area contributed by atoms with Crippen LogP contribution in [0, 0.1) is 5.82 Å². The fourth-order valence-corrected chi connectivity index (χ4v) is 3.00. The van der Waals surface area contributed by atoms with Gasteiger partial charge in [-0.1, -0.05) is 30.3 Å². The van der Waals surface area contributed by atoms with Gasteiger partial charge >= 0.3 is 0 Å². The molecule has 2 aromatic carbocycles. The van der Waals surface area contributed by atoms with E-state index in [9.17, 15) is 9.18 Å². The zero-order valence-corrected chi connectivity index (χ0v) is 12.7. The third kappa shape index (κ3) is 2.62. The third-order valence-electron chi connectivity index (χ3n) is 4.12. The summed E-state index contributed by atoms with van der Waals surface area (Å²) in [6, 6.07) is 15.9. The molecule has 0 spiro atoms. The SMILES string of the molecule is O=C1C[C@@H](c2ccc(F)cc2)c2c(n[nH]c2Nc2ccccc2)N1. The summed E-state index contributed by atoms with van der Waals surface area (Å²) in [5, 5.41) is 13.2. The van der Waals surface area contributed by atoms with E-state index in [-0.39, 0.29) is 17.6 Å². The maximum atomic E-state index is 13.2. The fraction of sp³-hybridized carbons (Fsp3) is 0.111. The highest BCUT2D eigenvalue weighted by atomic mass is 19.1. The van der Waals surface area contributed by atoms with Gasteiger partial charge in [-0.15, -0.1) is 0 Å². The molecule has 3 N–H and O–H groups in total. The van der Waals surface area contributed by atoms with Crippen molar-refractivity contribution in [3.8, 4) is 0 Å². The van der Waals surface area contributed by atoms with E-state index in [0.29, 0.717) is 12.2 Å². The van der Waals surface area contributed by atoms with Crippen molar-refractivity contribution in [1.82, 2.24) is 10.2 Å². The first kappa shape index (κ1) is 14.4. The number of aromatic amines is 1. The van der Waals surface area contributed by atoms with Crippen LogP contribution in [0.2, 0.25) is 0 Å². The summed E-state index contributed by atoms with van der Waals surface area (Å²) < 4.78 is 13.2. The van der Waals surface area contributed by atoms with Crippen LogP contribution < -0.4 is 10.6 Å². The van der Waals surface area contributed by atoms with Gasteiger partial charge in [0.1, 0.15) is 11.6 Å². The quantitative estimate of drug-likeness (QED) is 0.687. The van der Waals surface area contributed by atoms with E-state index in [2.05, 4.69) is 20.8 Å². The molecule has 4 rings (SSSR count). The molecule has 1 aromatic heterocycles. The minimum absolute atomic E-state index is 0.102. The van der Waals surface area contributed by atoms with Gasteiger partial charge in [0.2, 0.25) is 5.91 Å². The van der Waals surface area contributed by atoms with E-state index in [1.165, 1.54) is 12.1 Å². The number of nitrogens with zero attached hydrogens (tertiary/aromatic N) is 1. The molecule has 6 heteroatoms. The number of H-pyrrole nitrogens is 1. The lowest BCUT2D eigenvalue weighted by atomic mass is 9.86. The number of carbonyl (C=O) groups is 1. The van der Waals surface area contributed by atoms with Crippen LogP contribution in [0.5, 0.6) is 0 Å². The number of amides is 1. The largest absolute Gasteiger partial charge is 0.340 e. The molecule has 1 aliphatic heterocycles. The number of halogens is 1. The van der Waals surface area contributed by atoms with Gasteiger partial charge < -0.3 is 10.6 Å². The second-order valence-corrected chi connectivity index (χ2v) is 5.71. The summed E-state index contributed by atoms with van der Waals surface area (Å²) in [7, 11) is 0. The number of anilines is 3. The molecule has 24 heavy (non-hydrogen) atoms. The number of rotatable bonds is 3. The molecule has 120 valence electrons. The molecular formula is C18H15FN4O. The zero-order chi connectivity index (χ0) is 16.5. The van der Waals surface area contributed by atoms with Crippen LogP contribution >= 0.6 is 0 Å². The van der Waals surface area contributed by atoms with Crippen LogP contribution in [0.25, 0.3) is 0 Å². The van der Waals surface area contributed by atoms with Crippen molar-refractivity contribution < 1.29 is 9.18 Å². The average molecular weight is 322 g/mol. The van der Waals surface area contributed by atoms with Crippen molar-refractivity contribution in [2.45, 2.75) is 12.3 Å². The summed E-state index contributed by atoms with van der Waals surface area (Å²) >= 11 is 0. The number of hydrogen-bond donors (Lipinski definition) is 3. The molecule has 2 heterocycles.